The largest absolute Gasteiger partial charge is 0.484 e. The van der Waals surface area contributed by atoms with Crippen molar-refractivity contribution in [2.75, 3.05) is 0 Å². The normalized spacial score (nSPS) is 10.3. The molecule has 2 heterocycles. The Morgan fingerprint density at radius 1 is 1.53 bits per heavy atom. The molecule has 0 spiro atoms. The number of rotatable bonds is 3. The van der Waals surface area contributed by atoms with E-state index < -0.39 is 0 Å². The molecular weight excluding hydrogens is 216 g/mol. The van der Waals surface area contributed by atoms with Crippen molar-refractivity contribution in [1.82, 2.24) is 20.0 Å². The topological polar surface area (TPSA) is 52.8 Å². The van der Waals surface area contributed by atoms with Crippen molar-refractivity contribution in [1.29, 1.82) is 0 Å². The lowest BCUT2D eigenvalue weighted by molar-refractivity contribution is 0.300. The van der Waals surface area contributed by atoms with Crippen molar-refractivity contribution in [3.8, 4) is 5.75 Å². The van der Waals surface area contributed by atoms with E-state index in [1.807, 2.05) is 0 Å². The van der Waals surface area contributed by atoms with Gasteiger partial charge in [-0.2, -0.15) is 0 Å². The molecule has 0 atom stereocenters. The van der Waals surface area contributed by atoms with Crippen molar-refractivity contribution >= 4 is 11.6 Å². The van der Waals surface area contributed by atoms with Gasteiger partial charge < -0.3 is 4.74 Å². The Labute approximate surface area is 91.7 Å². The van der Waals surface area contributed by atoms with Crippen LogP contribution in [0.3, 0.4) is 0 Å². The first kappa shape index (κ1) is 9.92. The summed E-state index contributed by atoms with van der Waals surface area (Å²) in [5, 5.41) is 8.02. The highest BCUT2D eigenvalue weighted by atomic mass is 35.5. The molecule has 0 amide bonds. The van der Waals surface area contributed by atoms with Crippen LogP contribution in [0.5, 0.6) is 5.75 Å². The number of hydrogen-bond acceptors (Lipinski definition) is 4. The lowest BCUT2D eigenvalue weighted by Crippen LogP contribution is -1.96. The summed E-state index contributed by atoms with van der Waals surface area (Å²) >= 11 is 5.82. The fourth-order valence-corrected chi connectivity index (χ4v) is 1.27. The molecule has 2 rings (SSSR count). The Balaban J connectivity index is 2.02. The van der Waals surface area contributed by atoms with E-state index in [9.17, 15) is 0 Å². The van der Waals surface area contributed by atoms with Gasteiger partial charge in [-0.1, -0.05) is 16.8 Å². The predicted octanol–water partition coefficient (Wildman–Crippen LogP) is 1.44. The Hall–Kier alpha value is -1.62. The Morgan fingerprint density at radius 3 is 3.07 bits per heavy atom. The quantitative estimate of drug-likeness (QED) is 0.741. The summed E-state index contributed by atoms with van der Waals surface area (Å²) in [6, 6.07) is 3.52. The first-order chi connectivity index (χ1) is 7.25. The molecule has 5 nitrogen and oxygen atoms in total. The molecule has 2 aromatic rings. The molecule has 0 saturated heterocycles. The zero-order valence-electron chi connectivity index (χ0n) is 8.09. The number of aryl methyl sites for hydroxylation is 1. The highest BCUT2D eigenvalue weighted by molar-refractivity contribution is 6.30. The molecule has 6 heteroatoms. The van der Waals surface area contributed by atoms with E-state index in [0.717, 1.165) is 5.69 Å². The molecule has 0 saturated carbocycles. The second-order valence-electron chi connectivity index (χ2n) is 2.96. The average molecular weight is 225 g/mol. The van der Waals surface area contributed by atoms with Crippen LogP contribution < -0.4 is 4.74 Å². The van der Waals surface area contributed by atoms with Gasteiger partial charge in [0.25, 0.3) is 0 Å². The summed E-state index contributed by atoms with van der Waals surface area (Å²) in [5.74, 6) is 0.546. The highest BCUT2D eigenvalue weighted by Crippen LogP contribution is 2.20. The van der Waals surface area contributed by atoms with Gasteiger partial charge in [-0.25, -0.2) is 4.98 Å². The van der Waals surface area contributed by atoms with Crippen LogP contribution in [-0.4, -0.2) is 20.0 Å². The first-order valence-corrected chi connectivity index (χ1v) is 4.72. The molecule has 0 N–H and O–H groups in total. The summed E-state index contributed by atoms with van der Waals surface area (Å²) in [7, 11) is 1.80. The van der Waals surface area contributed by atoms with Crippen LogP contribution in [0, 0.1) is 0 Å². The van der Waals surface area contributed by atoms with E-state index in [-0.39, 0.29) is 0 Å². The lowest BCUT2D eigenvalue weighted by atomic mass is 10.4. The summed E-state index contributed by atoms with van der Waals surface area (Å²) < 4.78 is 7.04. The standard InChI is InChI=1S/C9H9ClN4O/c1-14-5-7(12-13-14)6-15-8-3-2-4-11-9(8)10/h2-5H,6H2,1H3. The smallest absolute Gasteiger partial charge is 0.171 e. The van der Waals surface area contributed by atoms with Gasteiger partial charge in [0.15, 0.2) is 10.9 Å². The first-order valence-electron chi connectivity index (χ1n) is 4.34. The summed E-state index contributed by atoms with van der Waals surface area (Å²) in [5.41, 5.74) is 0.748. The molecule has 0 radical (unpaired) electrons. The molecule has 0 bridgehead atoms. The number of pyridine rings is 1. The van der Waals surface area contributed by atoms with Gasteiger partial charge in [0.1, 0.15) is 12.3 Å². The van der Waals surface area contributed by atoms with Crippen LogP contribution in [0.2, 0.25) is 5.15 Å². The number of hydrogen-bond donors (Lipinski definition) is 0. The van der Waals surface area contributed by atoms with Gasteiger partial charge >= 0.3 is 0 Å². The van der Waals surface area contributed by atoms with Gasteiger partial charge in [0.05, 0.1) is 6.20 Å². The van der Waals surface area contributed by atoms with Crippen LogP contribution in [0.4, 0.5) is 0 Å². The van der Waals surface area contributed by atoms with E-state index in [1.165, 1.54) is 0 Å². The number of aromatic nitrogens is 4. The van der Waals surface area contributed by atoms with Crippen LogP contribution >= 0.6 is 11.6 Å². The van der Waals surface area contributed by atoms with E-state index in [1.54, 1.807) is 36.3 Å². The summed E-state index contributed by atoms with van der Waals surface area (Å²) in [6.07, 6.45) is 3.39. The molecule has 0 unspecified atom stereocenters. The fourth-order valence-electron chi connectivity index (χ4n) is 1.09. The zero-order valence-corrected chi connectivity index (χ0v) is 8.85. The number of nitrogens with zero attached hydrogens (tertiary/aromatic N) is 4. The maximum Gasteiger partial charge on any atom is 0.171 e. The minimum Gasteiger partial charge on any atom is -0.484 e. The fraction of sp³-hybridized carbons (Fsp3) is 0.222. The highest BCUT2D eigenvalue weighted by Gasteiger charge is 2.03. The summed E-state index contributed by atoms with van der Waals surface area (Å²) in [4.78, 5) is 3.90. The van der Waals surface area contributed by atoms with Crippen LogP contribution in [0.25, 0.3) is 0 Å². The third-order valence-corrected chi connectivity index (χ3v) is 2.03. The molecule has 15 heavy (non-hydrogen) atoms. The molecule has 2 aromatic heterocycles. The van der Waals surface area contributed by atoms with E-state index in [0.29, 0.717) is 17.5 Å². The van der Waals surface area contributed by atoms with Gasteiger partial charge in [0, 0.05) is 13.2 Å². The van der Waals surface area contributed by atoms with Crippen molar-refractivity contribution in [3.05, 3.63) is 35.4 Å². The lowest BCUT2D eigenvalue weighted by Gasteiger charge is -2.03. The Kier molecular flexibility index (Phi) is 2.82. The molecule has 0 aliphatic carbocycles. The van der Waals surface area contributed by atoms with Gasteiger partial charge in [0.2, 0.25) is 0 Å². The van der Waals surface area contributed by atoms with E-state index >= 15 is 0 Å². The molecule has 0 aromatic carbocycles. The maximum atomic E-state index is 5.82. The molecule has 0 aliphatic heterocycles. The number of ether oxygens (including phenoxy) is 1. The third-order valence-electron chi connectivity index (χ3n) is 1.75. The van der Waals surface area contributed by atoms with Crippen molar-refractivity contribution in [3.63, 3.8) is 0 Å². The third kappa shape index (κ3) is 2.44. The molecular formula is C9H9ClN4O. The monoisotopic (exact) mass is 224 g/mol. The van der Waals surface area contributed by atoms with Crippen molar-refractivity contribution < 1.29 is 4.74 Å². The average Bonchev–Trinajstić information content (AvgIpc) is 2.63. The Bertz CT molecular complexity index is 457. The second kappa shape index (κ2) is 4.27. The van der Waals surface area contributed by atoms with Crippen molar-refractivity contribution in [2.45, 2.75) is 6.61 Å². The van der Waals surface area contributed by atoms with E-state index in [2.05, 4.69) is 15.3 Å². The number of halogens is 1. The summed E-state index contributed by atoms with van der Waals surface area (Å²) in [6.45, 7) is 0.333. The van der Waals surface area contributed by atoms with Gasteiger partial charge in [-0.3, -0.25) is 4.68 Å². The van der Waals surface area contributed by atoms with Crippen LogP contribution in [-0.2, 0) is 13.7 Å². The van der Waals surface area contributed by atoms with Crippen LogP contribution in [0.1, 0.15) is 5.69 Å². The molecule has 0 fully saturated rings. The Morgan fingerprint density at radius 2 is 2.40 bits per heavy atom. The second-order valence-corrected chi connectivity index (χ2v) is 3.32. The van der Waals surface area contributed by atoms with Crippen molar-refractivity contribution in [2.24, 2.45) is 7.05 Å². The molecule has 78 valence electrons. The minimum absolute atomic E-state index is 0.333. The van der Waals surface area contributed by atoms with Crippen LogP contribution in [0.15, 0.2) is 24.5 Å². The van der Waals surface area contributed by atoms with Gasteiger partial charge in [-0.05, 0) is 12.1 Å². The molecule has 0 aliphatic rings. The van der Waals surface area contributed by atoms with Gasteiger partial charge in [-0.15, -0.1) is 5.10 Å². The SMILES string of the molecule is Cn1cc(COc2cccnc2Cl)nn1. The van der Waals surface area contributed by atoms with E-state index in [4.69, 9.17) is 16.3 Å². The zero-order chi connectivity index (χ0) is 10.7. The predicted molar refractivity (Wildman–Crippen MR) is 54.6 cm³/mol. The maximum absolute atomic E-state index is 5.82. The minimum atomic E-state index is 0.333.